The number of hydrogen-bond acceptors (Lipinski definition) is 5. The lowest BCUT2D eigenvalue weighted by molar-refractivity contribution is -0.130. The highest BCUT2D eigenvalue weighted by Gasteiger charge is 2.39. The minimum Gasteiger partial charge on any atom is -0.444 e. The third-order valence-corrected chi connectivity index (χ3v) is 4.32. The van der Waals surface area contributed by atoms with Crippen LogP contribution in [0.15, 0.2) is 41.3 Å². The fourth-order valence-corrected chi connectivity index (χ4v) is 2.96. The topological polar surface area (TPSA) is 76.4 Å². The van der Waals surface area contributed by atoms with Crippen LogP contribution in [0.25, 0.3) is 11.3 Å². The molecule has 1 aliphatic rings. The van der Waals surface area contributed by atoms with Gasteiger partial charge in [0.2, 0.25) is 5.91 Å². The number of oxazole rings is 1. The minimum atomic E-state index is -0.455. The molecular formula is C17H22ClN3O3. The van der Waals surface area contributed by atoms with Crippen LogP contribution < -0.4 is 10.6 Å². The number of ether oxygens (including phenoxy) is 1. The fraction of sp³-hybridized carbons (Fsp3) is 0.412. The van der Waals surface area contributed by atoms with Gasteiger partial charge in [0.1, 0.15) is 0 Å². The average molecular weight is 352 g/mol. The van der Waals surface area contributed by atoms with E-state index in [4.69, 9.17) is 9.15 Å². The second-order valence-electron chi connectivity index (χ2n) is 5.86. The molecule has 0 atom stereocenters. The van der Waals surface area contributed by atoms with Crippen LogP contribution in [0.3, 0.4) is 0 Å². The zero-order valence-corrected chi connectivity index (χ0v) is 14.4. The summed E-state index contributed by atoms with van der Waals surface area (Å²) in [5, 5.41) is 6.30. The predicted molar refractivity (Wildman–Crippen MR) is 94.2 cm³/mol. The molecular weight excluding hydrogens is 330 g/mol. The maximum atomic E-state index is 12.7. The number of methoxy groups -OCH3 is 1. The van der Waals surface area contributed by atoms with Crippen molar-refractivity contribution in [3.63, 3.8) is 0 Å². The van der Waals surface area contributed by atoms with E-state index in [1.807, 2.05) is 24.3 Å². The second kappa shape index (κ2) is 8.28. The number of halogens is 1. The molecule has 3 rings (SSSR count). The first-order chi connectivity index (χ1) is 11.2. The number of amides is 1. The van der Waals surface area contributed by atoms with Gasteiger partial charge in [-0.25, -0.2) is 4.98 Å². The molecule has 1 fully saturated rings. The molecule has 2 N–H and O–H groups in total. The van der Waals surface area contributed by atoms with E-state index >= 15 is 0 Å². The molecule has 0 radical (unpaired) electrons. The van der Waals surface area contributed by atoms with Crippen LogP contribution in [0, 0.1) is 5.41 Å². The van der Waals surface area contributed by atoms with Crippen molar-refractivity contribution < 1.29 is 13.9 Å². The molecule has 1 saturated heterocycles. The van der Waals surface area contributed by atoms with E-state index in [0.717, 1.165) is 37.2 Å². The number of carbonyl (C=O) groups excluding carboxylic acids is 1. The SMILES string of the molecule is COCC1(C(=O)Nc2ccc(-c3cnco3)cc2)CCNCC1.Cl. The van der Waals surface area contributed by atoms with Gasteiger partial charge in [-0.05, 0) is 50.2 Å². The van der Waals surface area contributed by atoms with Gasteiger partial charge in [0.05, 0.1) is 18.2 Å². The Morgan fingerprint density at radius 1 is 1.33 bits per heavy atom. The van der Waals surface area contributed by atoms with Crippen molar-refractivity contribution in [2.75, 3.05) is 32.1 Å². The number of anilines is 1. The monoisotopic (exact) mass is 351 g/mol. The highest BCUT2D eigenvalue weighted by Crippen LogP contribution is 2.31. The van der Waals surface area contributed by atoms with Crippen LogP contribution in [-0.4, -0.2) is 37.7 Å². The standard InChI is InChI=1S/C17H21N3O3.ClH/c1-22-11-17(6-8-18-9-7-17)16(21)20-14-4-2-13(3-5-14)15-10-19-12-23-15;/h2-5,10,12,18H,6-9,11H2,1H3,(H,20,21);1H. The van der Waals surface area contributed by atoms with Gasteiger partial charge in [0.15, 0.2) is 12.2 Å². The first-order valence-electron chi connectivity index (χ1n) is 7.74. The number of nitrogens with one attached hydrogen (secondary N) is 2. The van der Waals surface area contributed by atoms with E-state index in [9.17, 15) is 4.79 Å². The summed E-state index contributed by atoms with van der Waals surface area (Å²) in [5.74, 6) is 0.727. The van der Waals surface area contributed by atoms with Gasteiger partial charge in [-0.3, -0.25) is 4.79 Å². The molecule has 1 aromatic heterocycles. The van der Waals surface area contributed by atoms with Gasteiger partial charge >= 0.3 is 0 Å². The van der Waals surface area contributed by atoms with E-state index in [1.165, 1.54) is 6.39 Å². The Labute approximate surface area is 147 Å². The highest BCUT2D eigenvalue weighted by atomic mass is 35.5. The van der Waals surface area contributed by atoms with Crippen molar-refractivity contribution in [2.24, 2.45) is 5.41 Å². The quantitative estimate of drug-likeness (QED) is 0.866. The number of hydrogen-bond donors (Lipinski definition) is 2. The van der Waals surface area contributed by atoms with Crippen LogP contribution in [0.2, 0.25) is 0 Å². The summed E-state index contributed by atoms with van der Waals surface area (Å²) in [7, 11) is 1.64. The van der Waals surface area contributed by atoms with Gasteiger partial charge in [-0.2, -0.15) is 0 Å². The highest BCUT2D eigenvalue weighted by molar-refractivity contribution is 5.95. The van der Waals surface area contributed by atoms with Gasteiger partial charge in [0, 0.05) is 18.4 Å². The van der Waals surface area contributed by atoms with Crippen molar-refractivity contribution in [1.29, 1.82) is 0 Å². The summed E-state index contributed by atoms with van der Waals surface area (Å²) in [4.78, 5) is 16.6. The number of rotatable bonds is 5. The Kier molecular flexibility index (Phi) is 6.36. The zero-order chi connectivity index (χ0) is 16.1. The molecule has 7 heteroatoms. The molecule has 0 spiro atoms. The molecule has 2 aromatic rings. The molecule has 2 heterocycles. The third-order valence-electron chi connectivity index (χ3n) is 4.32. The maximum Gasteiger partial charge on any atom is 0.233 e. The van der Waals surface area contributed by atoms with Crippen molar-refractivity contribution in [3.8, 4) is 11.3 Å². The van der Waals surface area contributed by atoms with Crippen molar-refractivity contribution >= 4 is 24.0 Å². The zero-order valence-electron chi connectivity index (χ0n) is 13.6. The largest absolute Gasteiger partial charge is 0.444 e. The van der Waals surface area contributed by atoms with Crippen molar-refractivity contribution in [2.45, 2.75) is 12.8 Å². The van der Waals surface area contributed by atoms with Crippen molar-refractivity contribution in [3.05, 3.63) is 36.9 Å². The van der Waals surface area contributed by atoms with E-state index in [-0.39, 0.29) is 18.3 Å². The summed E-state index contributed by atoms with van der Waals surface area (Å²) < 4.78 is 10.6. The Bertz CT molecular complexity index is 632. The van der Waals surface area contributed by atoms with Crippen LogP contribution in [-0.2, 0) is 9.53 Å². The molecule has 1 aliphatic heterocycles. The number of piperidine rings is 1. The van der Waals surface area contributed by atoms with Crippen LogP contribution >= 0.6 is 12.4 Å². The van der Waals surface area contributed by atoms with E-state index in [2.05, 4.69) is 15.6 Å². The Morgan fingerprint density at radius 2 is 2.04 bits per heavy atom. The summed E-state index contributed by atoms with van der Waals surface area (Å²) >= 11 is 0. The molecule has 0 saturated carbocycles. The third kappa shape index (κ3) is 3.95. The molecule has 130 valence electrons. The second-order valence-corrected chi connectivity index (χ2v) is 5.86. The molecule has 24 heavy (non-hydrogen) atoms. The van der Waals surface area contributed by atoms with Crippen LogP contribution in [0.1, 0.15) is 12.8 Å². The maximum absolute atomic E-state index is 12.7. The minimum absolute atomic E-state index is 0. The molecule has 0 aliphatic carbocycles. The first kappa shape index (κ1) is 18.4. The number of benzene rings is 1. The number of nitrogens with zero attached hydrogens (tertiary/aromatic N) is 1. The summed E-state index contributed by atoms with van der Waals surface area (Å²) in [5.41, 5.74) is 1.24. The molecule has 0 bridgehead atoms. The predicted octanol–water partition coefficient (Wildman–Crippen LogP) is 2.72. The first-order valence-corrected chi connectivity index (χ1v) is 7.74. The molecule has 6 nitrogen and oxygen atoms in total. The lowest BCUT2D eigenvalue weighted by Gasteiger charge is -2.35. The van der Waals surface area contributed by atoms with Gasteiger partial charge in [0.25, 0.3) is 0 Å². The molecule has 1 amide bonds. The van der Waals surface area contributed by atoms with Gasteiger partial charge in [-0.1, -0.05) is 0 Å². The summed E-state index contributed by atoms with van der Waals surface area (Å²) in [6.07, 6.45) is 4.62. The Morgan fingerprint density at radius 3 is 2.62 bits per heavy atom. The van der Waals surface area contributed by atoms with E-state index in [1.54, 1.807) is 13.3 Å². The van der Waals surface area contributed by atoms with Gasteiger partial charge in [-0.15, -0.1) is 12.4 Å². The molecule has 1 aromatic carbocycles. The van der Waals surface area contributed by atoms with Gasteiger partial charge < -0.3 is 19.8 Å². The van der Waals surface area contributed by atoms with Crippen LogP contribution in [0.5, 0.6) is 0 Å². The lowest BCUT2D eigenvalue weighted by Crippen LogP contribution is -2.47. The average Bonchev–Trinajstić information content (AvgIpc) is 3.11. The normalized spacial score (nSPS) is 16.2. The Hall–Kier alpha value is -1.89. The van der Waals surface area contributed by atoms with Crippen LogP contribution in [0.4, 0.5) is 5.69 Å². The van der Waals surface area contributed by atoms with E-state index in [0.29, 0.717) is 12.4 Å². The summed E-state index contributed by atoms with van der Waals surface area (Å²) in [6, 6.07) is 7.55. The van der Waals surface area contributed by atoms with E-state index < -0.39 is 5.41 Å². The lowest BCUT2D eigenvalue weighted by atomic mass is 9.78. The number of aromatic nitrogens is 1. The molecule has 0 unspecified atom stereocenters. The summed E-state index contributed by atoms with van der Waals surface area (Å²) in [6.45, 7) is 2.11. The van der Waals surface area contributed by atoms with Crippen molar-refractivity contribution in [1.82, 2.24) is 10.3 Å². The number of carbonyl (C=O) groups is 1. The Balaban J connectivity index is 0.00000208. The fourth-order valence-electron chi connectivity index (χ4n) is 2.96. The smallest absolute Gasteiger partial charge is 0.233 e.